The lowest BCUT2D eigenvalue weighted by molar-refractivity contribution is -0.00518. The smallest absolute Gasteiger partial charge is 0.165 e. The number of nitrogens with zero attached hydrogens (tertiary/aromatic N) is 1. The minimum Gasteiger partial charge on any atom is -0.493 e. The van der Waals surface area contributed by atoms with Gasteiger partial charge in [0.15, 0.2) is 11.5 Å². The van der Waals surface area contributed by atoms with E-state index in [1.54, 1.807) is 7.11 Å². The molecule has 0 bridgehead atoms. The molecule has 1 aliphatic heterocycles. The van der Waals surface area contributed by atoms with Crippen LogP contribution in [-0.4, -0.2) is 49.5 Å². The lowest BCUT2D eigenvalue weighted by Gasteiger charge is -2.49. The number of likely N-dealkylation sites (N-methyl/N-ethyl adjacent to an activating group) is 1. The maximum absolute atomic E-state index is 10.5. The first-order chi connectivity index (χ1) is 10.5. The maximum Gasteiger partial charge on any atom is 0.165 e. The van der Waals surface area contributed by atoms with Crippen molar-refractivity contribution in [3.05, 3.63) is 35.4 Å². The normalized spacial score (nSPS) is 37.9. The molecular formula is C18H23NO3. The van der Waals surface area contributed by atoms with E-state index in [2.05, 4.69) is 38.1 Å². The van der Waals surface area contributed by atoms with E-state index in [1.807, 2.05) is 12.1 Å². The molecule has 118 valence electrons. The molecule has 4 nitrogen and oxygen atoms in total. The molecule has 1 unspecified atom stereocenters. The number of aliphatic hydroxyl groups excluding tert-OH is 1. The molecule has 0 saturated carbocycles. The van der Waals surface area contributed by atoms with E-state index >= 15 is 0 Å². The number of hydrogen-bond acceptors (Lipinski definition) is 4. The van der Waals surface area contributed by atoms with Crippen LogP contribution in [0.4, 0.5) is 0 Å². The van der Waals surface area contributed by atoms with Gasteiger partial charge in [0.25, 0.3) is 0 Å². The minimum atomic E-state index is -0.577. The van der Waals surface area contributed by atoms with Crippen LogP contribution in [0.2, 0.25) is 0 Å². The highest BCUT2D eigenvalue weighted by Gasteiger charge is 2.59. The fraction of sp³-hybridized carbons (Fsp3) is 0.556. The molecule has 1 heterocycles. The summed E-state index contributed by atoms with van der Waals surface area (Å²) in [6.45, 7) is 2.24. The van der Waals surface area contributed by atoms with Gasteiger partial charge in [-0.15, -0.1) is 0 Å². The molecule has 1 aromatic rings. The zero-order valence-electron chi connectivity index (χ0n) is 13.5. The number of benzene rings is 1. The second-order valence-electron chi connectivity index (χ2n) is 7.09. The molecular weight excluding hydrogens is 278 g/mol. The zero-order valence-corrected chi connectivity index (χ0v) is 13.5. The highest BCUT2D eigenvalue weighted by Crippen LogP contribution is 2.59. The Morgan fingerprint density at radius 1 is 1.32 bits per heavy atom. The first kappa shape index (κ1) is 14.1. The molecule has 22 heavy (non-hydrogen) atoms. The summed E-state index contributed by atoms with van der Waals surface area (Å²) in [5, 5.41) is 10.5. The van der Waals surface area contributed by atoms with Crippen LogP contribution >= 0.6 is 0 Å². The van der Waals surface area contributed by atoms with Gasteiger partial charge in [-0.05, 0) is 32.1 Å². The molecule has 5 atom stereocenters. The van der Waals surface area contributed by atoms with Gasteiger partial charge in [0, 0.05) is 22.9 Å². The van der Waals surface area contributed by atoms with E-state index in [4.69, 9.17) is 9.47 Å². The predicted octanol–water partition coefficient (Wildman–Crippen LogP) is 1.75. The molecule has 0 fully saturated rings. The number of aliphatic hydroxyl groups is 1. The van der Waals surface area contributed by atoms with Crippen LogP contribution in [-0.2, 0) is 11.8 Å². The van der Waals surface area contributed by atoms with Crippen molar-refractivity contribution < 1.29 is 14.6 Å². The van der Waals surface area contributed by atoms with E-state index in [-0.39, 0.29) is 11.5 Å². The van der Waals surface area contributed by atoms with Gasteiger partial charge in [-0.3, -0.25) is 0 Å². The Bertz CT molecular complexity index is 654. The second kappa shape index (κ2) is 4.49. The van der Waals surface area contributed by atoms with Crippen molar-refractivity contribution in [2.45, 2.75) is 37.0 Å². The van der Waals surface area contributed by atoms with E-state index < -0.39 is 6.10 Å². The average Bonchev–Trinajstić information content (AvgIpc) is 2.81. The summed E-state index contributed by atoms with van der Waals surface area (Å²) in [5.74, 6) is 1.93. The highest BCUT2D eigenvalue weighted by atomic mass is 16.5. The summed E-state index contributed by atoms with van der Waals surface area (Å²) >= 11 is 0. The Labute approximate surface area is 131 Å². The molecule has 0 aromatic heterocycles. The minimum absolute atomic E-state index is 0.208. The third kappa shape index (κ3) is 1.54. The van der Waals surface area contributed by atoms with Gasteiger partial charge in [-0.1, -0.05) is 25.1 Å². The summed E-state index contributed by atoms with van der Waals surface area (Å²) in [6, 6.07) is 4.56. The summed E-state index contributed by atoms with van der Waals surface area (Å²) in [6.07, 6.45) is 4.27. The Hall–Kier alpha value is -1.52. The Kier molecular flexibility index (Phi) is 2.88. The van der Waals surface area contributed by atoms with E-state index in [0.717, 1.165) is 17.9 Å². The monoisotopic (exact) mass is 301 g/mol. The van der Waals surface area contributed by atoms with Crippen LogP contribution in [0.3, 0.4) is 0 Å². The lowest BCUT2D eigenvalue weighted by atomic mass is 9.57. The molecule has 3 aliphatic rings. The number of rotatable bonds is 2. The van der Waals surface area contributed by atoms with E-state index in [1.165, 1.54) is 11.1 Å². The second-order valence-corrected chi connectivity index (χ2v) is 7.09. The number of ether oxygens (including phenoxy) is 2. The highest BCUT2D eigenvalue weighted by molar-refractivity contribution is 5.61. The molecule has 4 rings (SSSR count). The van der Waals surface area contributed by atoms with Crippen LogP contribution in [0.25, 0.3) is 0 Å². The largest absolute Gasteiger partial charge is 0.493 e. The first-order valence-electron chi connectivity index (χ1n) is 7.88. The quantitative estimate of drug-likeness (QED) is 0.845. The van der Waals surface area contributed by atoms with Crippen molar-refractivity contribution in [3.8, 4) is 11.5 Å². The summed E-state index contributed by atoms with van der Waals surface area (Å²) in [5.41, 5.74) is 2.35. The van der Waals surface area contributed by atoms with Crippen molar-refractivity contribution >= 4 is 0 Å². The molecule has 4 heteroatoms. The van der Waals surface area contributed by atoms with Crippen molar-refractivity contribution in [1.29, 1.82) is 0 Å². The van der Waals surface area contributed by atoms with Crippen molar-refractivity contribution in [2.75, 3.05) is 21.2 Å². The number of hydrogen-bond donors (Lipinski definition) is 1. The molecule has 0 radical (unpaired) electrons. The van der Waals surface area contributed by atoms with Gasteiger partial charge in [0.05, 0.1) is 7.11 Å². The predicted molar refractivity (Wildman–Crippen MR) is 84.6 cm³/mol. The van der Waals surface area contributed by atoms with Gasteiger partial charge in [-0.25, -0.2) is 0 Å². The zero-order chi connectivity index (χ0) is 15.6. The molecule has 0 amide bonds. The van der Waals surface area contributed by atoms with Crippen molar-refractivity contribution in [2.24, 2.45) is 5.92 Å². The fourth-order valence-electron chi connectivity index (χ4n) is 4.73. The molecule has 1 N–H and O–H groups in total. The summed E-state index contributed by atoms with van der Waals surface area (Å²) in [4.78, 5) is 2.29. The van der Waals surface area contributed by atoms with Crippen LogP contribution in [0.5, 0.6) is 11.5 Å². The van der Waals surface area contributed by atoms with Crippen molar-refractivity contribution in [1.82, 2.24) is 4.90 Å². The van der Waals surface area contributed by atoms with Crippen LogP contribution in [0, 0.1) is 5.92 Å². The van der Waals surface area contributed by atoms with Crippen LogP contribution in [0.15, 0.2) is 24.3 Å². The Morgan fingerprint density at radius 3 is 2.77 bits per heavy atom. The Balaban J connectivity index is 1.98. The third-order valence-corrected chi connectivity index (χ3v) is 5.83. The molecule has 1 aromatic carbocycles. The summed E-state index contributed by atoms with van der Waals surface area (Å²) in [7, 11) is 5.93. The standard InChI is InChI=1S/C18H23NO3/c1-18-11-6-7-13(20)17(18)22-16-14(21-4)8-5-10(15(16)18)9-12(11)19(2)3/h5-8,11-13,17,20H,9H2,1-4H3/t11?,12-,13+,17+,18+/m1/s1. The summed E-state index contributed by atoms with van der Waals surface area (Å²) < 4.78 is 11.7. The average molecular weight is 301 g/mol. The first-order valence-corrected chi connectivity index (χ1v) is 7.88. The van der Waals surface area contributed by atoms with Crippen LogP contribution < -0.4 is 9.47 Å². The van der Waals surface area contributed by atoms with Crippen molar-refractivity contribution in [3.63, 3.8) is 0 Å². The van der Waals surface area contributed by atoms with Gasteiger partial charge in [0.2, 0.25) is 0 Å². The van der Waals surface area contributed by atoms with Gasteiger partial charge >= 0.3 is 0 Å². The van der Waals surface area contributed by atoms with E-state index in [0.29, 0.717) is 12.0 Å². The number of methoxy groups -OCH3 is 1. The van der Waals surface area contributed by atoms with E-state index in [9.17, 15) is 5.11 Å². The molecule has 2 aliphatic carbocycles. The van der Waals surface area contributed by atoms with Gasteiger partial charge in [0.1, 0.15) is 12.2 Å². The topological polar surface area (TPSA) is 41.9 Å². The Morgan fingerprint density at radius 2 is 2.09 bits per heavy atom. The van der Waals surface area contributed by atoms with Gasteiger partial charge < -0.3 is 19.5 Å². The molecule has 0 saturated heterocycles. The third-order valence-electron chi connectivity index (χ3n) is 5.83. The van der Waals surface area contributed by atoms with Crippen LogP contribution in [0.1, 0.15) is 18.1 Å². The maximum atomic E-state index is 10.5. The lowest BCUT2D eigenvalue weighted by Crippen LogP contribution is -2.58. The SMILES string of the molecule is COc1ccc2c3c1O[C@H]1[C@@H](O)C=CC([C@H](N(C)C)C2)[C@@]31C. The van der Waals surface area contributed by atoms with Gasteiger partial charge in [-0.2, -0.15) is 0 Å². The fourth-order valence-corrected chi connectivity index (χ4v) is 4.73. The molecule has 0 spiro atoms.